The van der Waals surface area contributed by atoms with Crippen molar-refractivity contribution >= 4 is 5.71 Å². The Bertz CT molecular complexity index is 1260. The van der Waals surface area contributed by atoms with Crippen molar-refractivity contribution in [2.75, 3.05) is 0 Å². The second-order valence-electron chi connectivity index (χ2n) is 7.40. The molecule has 1 aromatic heterocycles. The Morgan fingerprint density at radius 2 is 1.50 bits per heavy atom. The normalized spacial score (nSPS) is 11.6. The Labute approximate surface area is 184 Å². The summed E-state index contributed by atoms with van der Waals surface area (Å²) in [7, 11) is 0. The summed E-state index contributed by atoms with van der Waals surface area (Å²) in [6.07, 6.45) is 0. The second-order valence-corrected chi connectivity index (χ2v) is 7.40. The van der Waals surface area contributed by atoms with Crippen molar-refractivity contribution in [3.05, 3.63) is 113 Å². The van der Waals surface area contributed by atoms with Crippen LogP contribution in [0.3, 0.4) is 0 Å². The second kappa shape index (κ2) is 9.14. The lowest BCUT2D eigenvalue weighted by molar-refractivity contribution is 0.130. The number of oxime groups is 1. The van der Waals surface area contributed by atoms with E-state index in [1.54, 1.807) is 54.0 Å². The van der Waals surface area contributed by atoms with Crippen LogP contribution in [0, 0.1) is 24.4 Å². The topological polar surface area (TPSA) is 26.5 Å². The summed E-state index contributed by atoms with van der Waals surface area (Å²) in [6, 6.07) is 20.4. The van der Waals surface area contributed by atoms with Crippen LogP contribution in [0.4, 0.5) is 13.2 Å². The molecule has 0 spiro atoms. The summed E-state index contributed by atoms with van der Waals surface area (Å²) in [5.41, 5.74) is 4.75. The zero-order chi connectivity index (χ0) is 22.7. The molecule has 0 saturated carbocycles. The molecule has 0 radical (unpaired) electrons. The summed E-state index contributed by atoms with van der Waals surface area (Å²) in [5.74, 6) is -1.03. The lowest BCUT2D eigenvalue weighted by Crippen LogP contribution is -2.04. The molecule has 3 aromatic carbocycles. The molecule has 0 fully saturated rings. The molecule has 6 heteroatoms. The molecular weight excluding hydrogens is 413 g/mol. The molecule has 0 atom stereocenters. The molecule has 4 rings (SSSR count). The number of aromatic nitrogens is 1. The van der Waals surface area contributed by atoms with Gasteiger partial charge < -0.3 is 9.40 Å². The highest BCUT2D eigenvalue weighted by atomic mass is 19.1. The lowest BCUT2D eigenvalue weighted by Gasteiger charge is -2.13. The molecular formula is C26H21F3N2O. The summed E-state index contributed by atoms with van der Waals surface area (Å²) >= 11 is 0. The molecule has 0 aliphatic carbocycles. The number of nitrogens with zero attached hydrogens (tertiary/aromatic N) is 2. The monoisotopic (exact) mass is 434 g/mol. The van der Waals surface area contributed by atoms with Gasteiger partial charge in [0.2, 0.25) is 0 Å². The van der Waals surface area contributed by atoms with E-state index in [-0.39, 0.29) is 24.1 Å². The molecule has 0 unspecified atom stereocenters. The van der Waals surface area contributed by atoms with Crippen molar-refractivity contribution in [2.45, 2.75) is 20.5 Å². The third kappa shape index (κ3) is 4.44. The average Bonchev–Trinajstić information content (AvgIpc) is 3.13. The van der Waals surface area contributed by atoms with Gasteiger partial charge in [0, 0.05) is 11.3 Å². The molecule has 162 valence electrons. The highest BCUT2D eigenvalue weighted by Gasteiger charge is 2.19. The molecule has 0 aliphatic rings. The maximum Gasteiger partial charge on any atom is 0.147 e. The third-order valence-electron chi connectivity index (χ3n) is 5.22. The Morgan fingerprint density at radius 1 is 0.875 bits per heavy atom. The van der Waals surface area contributed by atoms with Gasteiger partial charge in [-0.2, -0.15) is 0 Å². The van der Waals surface area contributed by atoms with Gasteiger partial charge in [-0.05, 0) is 79.6 Å². The van der Waals surface area contributed by atoms with E-state index in [1.807, 2.05) is 13.0 Å². The fourth-order valence-electron chi connectivity index (χ4n) is 3.58. The van der Waals surface area contributed by atoms with Crippen LogP contribution in [0.15, 0.2) is 84.0 Å². The van der Waals surface area contributed by atoms with Crippen molar-refractivity contribution < 1.29 is 18.0 Å². The van der Waals surface area contributed by atoms with E-state index in [2.05, 4.69) is 5.16 Å². The molecule has 0 N–H and O–H groups in total. The average molecular weight is 434 g/mol. The Kier molecular flexibility index (Phi) is 6.12. The first kappa shape index (κ1) is 21.4. The third-order valence-corrected chi connectivity index (χ3v) is 5.22. The van der Waals surface area contributed by atoms with Crippen LogP contribution >= 0.6 is 0 Å². The first-order chi connectivity index (χ1) is 15.4. The number of hydrogen-bond donors (Lipinski definition) is 0. The molecule has 0 aliphatic heterocycles. The van der Waals surface area contributed by atoms with E-state index in [0.29, 0.717) is 17.1 Å². The summed E-state index contributed by atoms with van der Waals surface area (Å²) in [4.78, 5) is 5.46. The number of benzene rings is 3. The minimum atomic E-state index is -0.372. The highest BCUT2D eigenvalue weighted by Crippen LogP contribution is 2.31. The van der Waals surface area contributed by atoms with Crippen molar-refractivity contribution in [2.24, 2.45) is 5.16 Å². The van der Waals surface area contributed by atoms with Gasteiger partial charge >= 0.3 is 0 Å². The molecule has 0 saturated heterocycles. The lowest BCUT2D eigenvalue weighted by atomic mass is 10.1. The van der Waals surface area contributed by atoms with Gasteiger partial charge in [0.15, 0.2) is 0 Å². The van der Waals surface area contributed by atoms with Crippen molar-refractivity contribution in [1.82, 2.24) is 4.57 Å². The van der Waals surface area contributed by atoms with Gasteiger partial charge in [0.05, 0.1) is 17.1 Å². The number of rotatable bonds is 6. The van der Waals surface area contributed by atoms with Crippen LogP contribution in [0.2, 0.25) is 0 Å². The quantitative estimate of drug-likeness (QED) is 0.242. The van der Waals surface area contributed by atoms with Crippen LogP contribution in [-0.2, 0) is 11.4 Å². The van der Waals surface area contributed by atoms with E-state index < -0.39 is 0 Å². The zero-order valence-corrected chi connectivity index (χ0v) is 17.6. The summed E-state index contributed by atoms with van der Waals surface area (Å²) in [6.45, 7) is 3.86. The fourth-order valence-corrected chi connectivity index (χ4v) is 3.58. The van der Waals surface area contributed by atoms with Gasteiger partial charge in [-0.25, -0.2) is 13.2 Å². The van der Waals surface area contributed by atoms with E-state index in [4.69, 9.17) is 4.84 Å². The van der Waals surface area contributed by atoms with Crippen LogP contribution in [0.25, 0.3) is 16.9 Å². The predicted octanol–water partition coefficient (Wildman–Crippen LogP) is 6.81. The first-order valence-corrected chi connectivity index (χ1v) is 10.1. The van der Waals surface area contributed by atoms with Crippen molar-refractivity contribution in [1.29, 1.82) is 0 Å². The highest BCUT2D eigenvalue weighted by molar-refractivity contribution is 6.01. The van der Waals surface area contributed by atoms with Crippen LogP contribution in [0.1, 0.15) is 23.7 Å². The van der Waals surface area contributed by atoms with Gasteiger partial charge in [-0.15, -0.1) is 0 Å². The van der Waals surface area contributed by atoms with Crippen molar-refractivity contribution in [3.63, 3.8) is 0 Å². The van der Waals surface area contributed by atoms with Gasteiger partial charge in [0.1, 0.15) is 24.1 Å². The summed E-state index contributed by atoms with van der Waals surface area (Å²) < 4.78 is 43.0. The molecule has 0 bridgehead atoms. The Morgan fingerprint density at radius 3 is 2.16 bits per heavy atom. The number of para-hydroxylation sites is 1. The zero-order valence-electron chi connectivity index (χ0n) is 17.6. The molecule has 4 aromatic rings. The van der Waals surface area contributed by atoms with E-state index >= 15 is 0 Å². The van der Waals surface area contributed by atoms with E-state index in [9.17, 15) is 13.2 Å². The van der Waals surface area contributed by atoms with Crippen LogP contribution in [-0.4, -0.2) is 10.3 Å². The molecule has 1 heterocycles. The number of hydrogen-bond acceptors (Lipinski definition) is 2. The van der Waals surface area contributed by atoms with Crippen molar-refractivity contribution in [3.8, 4) is 16.9 Å². The molecule has 32 heavy (non-hydrogen) atoms. The standard InChI is InChI=1S/C26H21F3N2O/c1-17(30-32-16-19-7-11-21(27)12-8-19)23-15-26(20-9-13-22(28)14-10-20)31(18(23)2)25-6-4-3-5-24(25)29/h3-15H,16H2,1-2H3/b30-17-. The predicted molar refractivity (Wildman–Crippen MR) is 119 cm³/mol. The van der Waals surface area contributed by atoms with Crippen LogP contribution in [0.5, 0.6) is 0 Å². The summed E-state index contributed by atoms with van der Waals surface area (Å²) in [5, 5.41) is 4.21. The Balaban J connectivity index is 1.72. The minimum absolute atomic E-state index is 0.190. The van der Waals surface area contributed by atoms with Gasteiger partial charge in [-0.1, -0.05) is 29.4 Å². The maximum atomic E-state index is 14.7. The largest absolute Gasteiger partial charge is 0.391 e. The maximum absolute atomic E-state index is 14.7. The SMILES string of the molecule is C/C(=N/OCc1ccc(F)cc1)c1cc(-c2ccc(F)cc2)n(-c2ccccc2F)c1C. The van der Waals surface area contributed by atoms with Gasteiger partial charge in [0.25, 0.3) is 0 Å². The van der Waals surface area contributed by atoms with Gasteiger partial charge in [-0.3, -0.25) is 0 Å². The first-order valence-electron chi connectivity index (χ1n) is 10.1. The molecule has 0 amide bonds. The Hall–Kier alpha value is -3.80. The van der Waals surface area contributed by atoms with E-state index in [0.717, 1.165) is 22.4 Å². The number of halogens is 3. The fraction of sp³-hybridized carbons (Fsp3) is 0.115. The minimum Gasteiger partial charge on any atom is -0.391 e. The smallest absolute Gasteiger partial charge is 0.147 e. The van der Waals surface area contributed by atoms with E-state index in [1.165, 1.54) is 30.3 Å². The van der Waals surface area contributed by atoms with Crippen LogP contribution < -0.4 is 0 Å². The molecule has 3 nitrogen and oxygen atoms in total.